The first-order chi connectivity index (χ1) is 12.6. The summed E-state index contributed by atoms with van der Waals surface area (Å²) in [6.45, 7) is 7.26. The van der Waals surface area contributed by atoms with Crippen molar-refractivity contribution in [3.63, 3.8) is 0 Å². The van der Waals surface area contributed by atoms with Crippen LogP contribution < -0.4 is 0 Å². The molecule has 0 radical (unpaired) electrons. The molecule has 1 unspecified atom stereocenters. The van der Waals surface area contributed by atoms with E-state index in [-0.39, 0.29) is 23.2 Å². The van der Waals surface area contributed by atoms with Gasteiger partial charge in [0, 0.05) is 18.1 Å². The Kier molecular flexibility index (Phi) is 6.30. The molecule has 1 amide bonds. The number of ether oxygens (including phenoxy) is 2. The van der Waals surface area contributed by atoms with Crippen molar-refractivity contribution in [3.05, 3.63) is 35.6 Å². The first kappa shape index (κ1) is 19.3. The van der Waals surface area contributed by atoms with Crippen LogP contribution in [0.4, 0.5) is 4.39 Å². The predicted octanol–water partition coefficient (Wildman–Crippen LogP) is 3.79. The molecule has 0 aliphatic carbocycles. The van der Waals surface area contributed by atoms with Crippen molar-refractivity contribution in [2.75, 3.05) is 26.3 Å². The fourth-order valence-corrected chi connectivity index (χ4v) is 4.09. The largest absolute Gasteiger partial charge is 0.377 e. The summed E-state index contributed by atoms with van der Waals surface area (Å²) in [6, 6.07) is 6.72. The minimum absolute atomic E-state index is 0.127. The lowest BCUT2D eigenvalue weighted by atomic mass is 9.85. The van der Waals surface area contributed by atoms with Gasteiger partial charge in [0.2, 0.25) is 5.91 Å². The molecule has 1 aromatic carbocycles. The fourth-order valence-electron chi connectivity index (χ4n) is 4.09. The van der Waals surface area contributed by atoms with Crippen LogP contribution in [0.3, 0.4) is 0 Å². The van der Waals surface area contributed by atoms with Crippen LogP contribution in [0.1, 0.15) is 45.1 Å². The van der Waals surface area contributed by atoms with Crippen LogP contribution in [0.5, 0.6) is 0 Å². The first-order valence-corrected chi connectivity index (χ1v) is 9.81. The zero-order chi connectivity index (χ0) is 18.6. The van der Waals surface area contributed by atoms with Gasteiger partial charge in [0.1, 0.15) is 11.4 Å². The quantitative estimate of drug-likeness (QED) is 0.660. The van der Waals surface area contributed by atoms with E-state index >= 15 is 0 Å². The minimum Gasteiger partial charge on any atom is -0.377 e. The van der Waals surface area contributed by atoms with Gasteiger partial charge in [-0.25, -0.2) is 4.39 Å². The predicted molar refractivity (Wildman–Crippen MR) is 98.1 cm³/mol. The lowest BCUT2D eigenvalue weighted by Crippen LogP contribution is -2.64. The van der Waals surface area contributed by atoms with E-state index in [1.165, 1.54) is 6.07 Å². The lowest BCUT2D eigenvalue weighted by molar-refractivity contribution is -0.162. The third-order valence-electron chi connectivity index (χ3n) is 5.78. The third-order valence-corrected chi connectivity index (χ3v) is 5.78. The molecule has 2 saturated heterocycles. The number of carbonyl (C=O) groups excluding carboxylic acids is 1. The molecule has 2 aliphatic rings. The SMILES string of the molecule is CCC(CC)C(=O)N1CC2(CC(CCOCc3ccccc3F)CO2)C1. The Morgan fingerprint density at radius 1 is 1.35 bits per heavy atom. The van der Waals surface area contributed by atoms with E-state index in [0.717, 1.165) is 45.4 Å². The van der Waals surface area contributed by atoms with Crippen molar-refractivity contribution in [2.45, 2.75) is 51.7 Å². The Morgan fingerprint density at radius 2 is 2.08 bits per heavy atom. The molecule has 2 aliphatic heterocycles. The van der Waals surface area contributed by atoms with E-state index in [4.69, 9.17) is 9.47 Å². The van der Waals surface area contributed by atoms with E-state index in [1.54, 1.807) is 12.1 Å². The summed E-state index contributed by atoms with van der Waals surface area (Å²) >= 11 is 0. The van der Waals surface area contributed by atoms with Crippen LogP contribution in [-0.4, -0.2) is 42.7 Å². The molecule has 2 fully saturated rings. The van der Waals surface area contributed by atoms with E-state index < -0.39 is 0 Å². The summed E-state index contributed by atoms with van der Waals surface area (Å²) in [5.41, 5.74) is 0.471. The Labute approximate surface area is 155 Å². The van der Waals surface area contributed by atoms with Crippen molar-refractivity contribution >= 4 is 5.91 Å². The van der Waals surface area contributed by atoms with Crippen LogP contribution in [0, 0.1) is 17.7 Å². The molecule has 144 valence electrons. The summed E-state index contributed by atoms with van der Waals surface area (Å²) in [7, 11) is 0. The fraction of sp³-hybridized carbons (Fsp3) is 0.667. The van der Waals surface area contributed by atoms with Crippen LogP contribution in [0.15, 0.2) is 24.3 Å². The maximum Gasteiger partial charge on any atom is 0.225 e. The Morgan fingerprint density at radius 3 is 2.77 bits per heavy atom. The van der Waals surface area contributed by atoms with Crippen LogP contribution in [0.2, 0.25) is 0 Å². The average molecular weight is 363 g/mol. The van der Waals surface area contributed by atoms with Crippen molar-refractivity contribution < 1.29 is 18.7 Å². The monoisotopic (exact) mass is 363 g/mol. The van der Waals surface area contributed by atoms with Gasteiger partial charge in [-0.3, -0.25) is 4.79 Å². The van der Waals surface area contributed by atoms with Gasteiger partial charge >= 0.3 is 0 Å². The average Bonchev–Trinajstić information content (AvgIpc) is 3.04. The van der Waals surface area contributed by atoms with Crippen molar-refractivity contribution in [3.8, 4) is 0 Å². The summed E-state index contributed by atoms with van der Waals surface area (Å²) < 4.78 is 25.2. The summed E-state index contributed by atoms with van der Waals surface area (Å²) in [5, 5.41) is 0. The highest BCUT2D eigenvalue weighted by molar-refractivity contribution is 5.80. The maximum atomic E-state index is 13.6. The first-order valence-electron chi connectivity index (χ1n) is 9.81. The number of carbonyl (C=O) groups is 1. The van der Waals surface area contributed by atoms with Gasteiger partial charge < -0.3 is 14.4 Å². The van der Waals surface area contributed by atoms with E-state index in [1.807, 2.05) is 11.0 Å². The molecular weight excluding hydrogens is 333 g/mol. The molecule has 3 rings (SSSR count). The van der Waals surface area contributed by atoms with Gasteiger partial charge in [0.25, 0.3) is 0 Å². The molecule has 0 bridgehead atoms. The molecule has 1 spiro atoms. The second kappa shape index (κ2) is 8.49. The van der Waals surface area contributed by atoms with E-state index in [0.29, 0.717) is 24.7 Å². The van der Waals surface area contributed by atoms with E-state index in [2.05, 4.69) is 13.8 Å². The highest BCUT2D eigenvalue weighted by Crippen LogP contribution is 2.39. The third kappa shape index (κ3) is 4.26. The van der Waals surface area contributed by atoms with Gasteiger partial charge in [-0.15, -0.1) is 0 Å². The van der Waals surface area contributed by atoms with Crippen LogP contribution in [-0.2, 0) is 20.9 Å². The number of amides is 1. The molecule has 0 aromatic heterocycles. The number of likely N-dealkylation sites (tertiary alicyclic amines) is 1. The van der Waals surface area contributed by atoms with Gasteiger partial charge in [-0.2, -0.15) is 0 Å². The number of rotatable bonds is 8. The smallest absolute Gasteiger partial charge is 0.225 e. The zero-order valence-electron chi connectivity index (χ0n) is 15.9. The van der Waals surface area contributed by atoms with Gasteiger partial charge in [0.05, 0.1) is 26.3 Å². The number of nitrogens with zero attached hydrogens (tertiary/aromatic N) is 1. The van der Waals surface area contributed by atoms with Crippen molar-refractivity contribution in [1.82, 2.24) is 4.90 Å². The molecule has 2 heterocycles. The summed E-state index contributed by atoms with van der Waals surface area (Å²) in [6.07, 6.45) is 3.71. The van der Waals surface area contributed by atoms with Crippen molar-refractivity contribution in [1.29, 1.82) is 0 Å². The van der Waals surface area contributed by atoms with Gasteiger partial charge in [-0.05, 0) is 37.7 Å². The van der Waals surface area contributed by atoms with Crippen molar-refractivity contribution in [2.24, 2.45) is 11.8 Å². The van der Waals surface area contributed by atoms with Crippen LogP contribution in [0.25, 0.3) is 0 Å². The summed E-state index contributed by atoms with van der Waals surface area (Å²) in [4.78, 5) is 14.4. The van der Waals surface area contributed by atoms with E-state index in [9.17, 15) is 9.18 Å². The highest BCUT2D eigenvalue weighted by atomic mass is 19.1. The minimum atomic E-state index is -0.215. The molecule has 0 N–H and O–H groups in total. The molecule has 1 atom stereocenters. The number of hydrogen-bond acceptors (Lipinski definition) is 3. The Bertz CT molecular complexity index is 611. The normalized spacial score (nSPS) is 21.4. The van der Waals surface area contributed by atoms with Gasteiger partial charge in [0.15, 0.2) is 0 Å². The highest BCUT2D eigenvalue weighted by Gasteiger charge is 2.51. The number of halogens is 1. The maximum absolute atomic E-state index is 13.6. The summed E-state index contributed by atoms with van der Waals surface area (Å²) in [5.74, 6) is 0.672. The number of hydrogen-bond donors (Lipinski definition) is 0. The number of benzene rings is 1. The zero-order valence-corrected chi connectivity index (χ0v) is 15.9. The standard InChI is InChI=1S/C21H30FNO3/c1-3-17(4-2)20(24)23-14-21(15-23)11-16(12-26-21)9-10-25-13-18-7-5-6-8-19(18)22/h5-8,16-17H,3-4,9-15H2,1-2H3. The Balaban J connectivity index is 1.36. The second-order valence-electron chi connectivity index (χ2n) is 7.70. The van der Waals surface area contributed by atoms with Gasteiger partial charge in [-0.1, -0.05) is 32.0 Å². The second-order valence-corrected chi connectivity index (χ2v) is 7.70. The topological polar surface area (TPSA) is 38.8 Å². The molecule has 1 aromatic rings. The molecule has 26 heavy (non-hydrogen) atoms. The molecule has 4 nitrogen and oxygen atoms in total. The lowest BCUT2D eigenvalue weighted by Gasteiger charge is -2.48. The molecule has 0 saturated carbocycles. The van der Waals surface area contributed by atoms with Crippen LogP contribution >= 0.6 is 0 Å². The Hall–Kier alpha value is -1.46. The molecule has 5 heteroatoms. The molecular formula is C21H30FNO3.